The van der Waals surface area contributed by atoms with Crippen LogP contribution in [0.1, 0.15) is 12.8 Å². The highest BCUT2D eigenvalue weighted by molar-refractivity contribution is 7.81. The minimum atomic E-state index is -4.46. The van der Waals surface area contributed by atoms with Gasteiger partial charge in [-0.25, -0.2) is 13.8 Å². The molecule has 0 spiro atoms. The molecular formula is C12H21NO9S. The minimum Gasteiger partial charge on any atom is -0.462 e. The summed E-state index contributed by atoms with van der Waals surface area (Å²) in [7, 11) is -3.62. The Morgan fingerprint density at radius 3 is 1.78 bits per heavy atom. The van der Waals surface area contributed by atoms with Crippen LogP contribution in [-0.4, -0.2) is 51.6 Å². The van der Waals surface area contributed by atoms with E-state index in [0.717, 1.165) is 19.3 Å². The Labute approximate surface area is 134 Å². The van der Waals surface area contributed by atoms with Crippen molar-refractivity contribution < 1.29 is 41.0 Å². The van der Waals surface area contributed by atoms with E-state index in [4.69, 9.17) is 0 Å². The summed E-state index contributed by atoms with van der Waals surface area (Å²) in [6.45, 7) is 5.65. The summed E-state index contributed by atoms with van der Waals surface area (Å²) in [6.07, 6.45) is 0.997. The van der Waals surface area contributed by atoms with Crippen molar-refractivity contribution in [3.8, 4) is 0 Å². The summed E-state index contributed by atoms with van der Waals surface area (Å²) in [4.78, 5) is 21.8. The van der Waals surface area contributed by atoms with Crippen molar-refractivity contribution in [1.82, 2.24) is 6.15 Å². The summed E-state index contributed by atoms with van der Waals surface area (Å²) < 4.78 is 40.3. The lowest BCUT2D eigenvalue weighted by atomic mass is 10.1. The molecule has 0 radical (unpaired) electrons. The van der Waals surface area contributed by atoms with Crippen molar-refractivity contribution in [2.75, 3.05) is 20.3 Å². The number of carbonyl (C=O) groups is 2. The fourth-order valence-corrected chi connectivity index (χ4v) is 1.79. The van der Waals surface area contributed by atoms with Crippen molar-refractivity contribution in [3.63, 3.8) is 0 Å². The molecule has 134 valence electrons. The number of carbonyl (C=O) groups excluding carboxylic acids is 2. The Morgan fingerprint density at radius 1 is 1.09 bits per heavy atom. The molecule has 0 aliphatic heterocycles. The molecule has 4 N–H and O–H groups in total. The van der Waals surface area contributed by atoms with E-state index in [1.165, 1.54) is 0 Å². The molecule has 0 aromatic heterocycles. The van der Waals surface area contributed by atoms with Crippen LogP contribution >= 0.6 is 0 Å². The van der Waals surface area contributed by atoms with Gasteiger partial charge in [0.1, 0.15) is 0 Å². The Morgan fingerprint density at radius 2 is 1.48 bits per heavy atom. The second-order valence-corrected chi connectivity index (χ2v) is 5.16. The molecule has 0 fully saturated rings. The molecule has 10 nitrogen and oxygen atoms in total. The zero-order valence-electron chi connectivity index (χ0n) is 12.7. The van der Waals surface area contributed by atoms with Crippen LogP contribution in [0, 0.1) is 0 Å². The Kier molecular flexibility index (Phi) is 11.1. The molecule has 0 aliphatic rings. The molecule has 0 bridgehead atoms. The molecule has 0 aromatic carbocycles. The van der Waals surface area contributed by atoms with Gasteiger partial charge in [-0.05, 0) is 0 Å². The zero-order valence-corrected chi connectivity index (χ0v) is 13.5. The first-order valence-electron chi connectivity index (χ1n) is 6.00. The van der Waals surface area contributed by atoms with E-state index in [0.29, 0.717) is 0 Å². The van der Waals surface area contributed by atoms with Gasteiger partial charge < -0.3 is 20.7 Å². The third-order valence-electron chi connectivity index (χ3n) is 2.27. The van der Waals surface area contributed by atoms with Gasteiger partial charge >= 0.3 is 22.3 Å². The van der Waals surface area contributed by atoms with Crippen LogP contribution in [0.4, 0.5) is 0 Å². The van der Waals surface area contributed by atoms with Crippen LogP contribution in [-0.2, 0) is 37.8 Å². The molecule has 0 aromatic rings. The van der Waals surface area contributed by atoms with Crippen molar-refractivity contribution in [3.05, 3.63) is 25.3 Å². The summed E-state index contributed by atoms with van der Waals surface area (Å²) >= 11 is 0. The largest absolute Gasteiger partial charge is 0.462 e. The quantitative estimate of drug-likeness (QED) is 0.293. The summed E-state index contributed by atoms with van der Waals surface area (Å²) in [6, 6.07) is 0. The molecule has 23 heavy (non-hydrogen) atoms. The van der Waals surface area contributed by atoms with Gasteiger partial charge in [-0.1, -0.05) is 13.2 Å². The van der Waals surface area contributed by atoms with E-state index >= 15 is 0 Å². The third-order valence-corrected chi connectivity index (χ3v) is 3.19. The van der Waals surface area contributed by atoms with Crippen molar-refractivity contribution in [1.29, 1.82) is 0 Å². The van der Waals surface area contributed by atoms with Crippen LogP contribution in [0.25, 0.3) is 0 Å². The maximum Gasteiger partial charge on any atom is 0.402 e. The first-order valence-corrected chi connectivity index (χ1v) is 7.33. The van der Waals surface area contributed by atoms with E-state index in [1.807, 2.05) is 0 Å². The van der Waals surface area contributed by atoms with Crippen LogP contribution in [0.15, 0.2) is 25.3 Å². The van der Waals surface area contributed by atoms with Gasteiger partial charge in [0.25, 0.3) is 0 Å². The third kappa shape index (κ3) is 10.5. The Hall–Kier alpha value is -1.79. The van der Waals surface area contributed by atoms with Gasteiger partial charge in [0, 0.05) is 25.0 Å². The lowest BCUT2D eigenvalue weighted by molar-refractivity contribution is -0.171. The standard InChI is InChI=1S/C12H18O9S.H3N/c1-4-10(13)19-8-6-12(15,21-22(16,17)18-3)7-9-20-11(14)5-2;/h4-5,15H,1-2,6-9H2,3H3;1H3. The average Bonchev–Trinajstić information content (AvgIpc) is 2.46. The van der Waals surface area contributed by atoms with E-state index in [9.17, 15) is 23.1 Å². The molecule has 11 heteroatoms. The lowest BCUT2D eigenvalue weighted by Gasteiger charge is -2.26. The topological polar surface area (TPSA) is 160 Å². The smallest absolute Gasteiger partial charge is 0.402 e. The predicted molar refractivity (Wildman–Crippen MR) is 78.5 cm³/mol. The van der Waals surface area contributed by atoms with Gasteiger partial charge in [-0.3, -0.25) is 4.18 Å². The molecule has 0 unspecified atom stereocenters. The second-order valence-electron chi connectivity index (χ2n) is 3.85. The number of esters is 2. The van der Waals surface area contributed by atoms with E-state index < -0.39 is 41.0 Å². The molecule has 0 amide bonds. The highest BCUT2D eigenvalue weighted by atomic mass is 32.3. The average molecular weight is 355 g/mol. The number of rotatable bonds is 11. The van der Waals surface area contributed by atoms with Gasteiger partial charge in [0.05, 0.1) is 20.3 Å². The molecule has 0 heterocycles. The monoisotopic (exact) mass is 355 g/mol. The second kappa shape index (κ2) is 10.9. The number of hydrogen-bond donors (Lipinski definition) is 2. The van der Waals surface area contributed by atoms with Crippen molar-refractivity contribution >= 4 is 22.3 Å². The van der Waals surface area contributed by atoms with E-state index in [2.05, 4.69) is 31.0 Å². The van der Waals surface area contributed by atoms with Gasteiger partial charge in [-0.2, -0.15) is 8.42 Å². The molecule has 0 saturated heterocycles. The highest BCUT2D eigenvalue weighted by Crippen LogP contribution is 2.21. The van der Waals surface area contributed by atoms with E-state index in [-0.39, 0.29) is 19.4 Å². The molecule has 0 saturated carbocycles. The maximum absolute atomic E-state index is 11.3. The van der Waals surface area contributed by atoms with Crippen LogP contribution in [0.2, 0.25) is 0 Å². The SMILES string of the molecule is C=CC(=O)OCCC(O)(CCOC(=O)C=C)OS(=O)(=O)OC.N. The van der Waals surface area contributed by atoms with Crippen molar-refractivity contribution in [2.45, 2.75) is 18.6 Å². The first-order chi connectivity index (χ1) is 10.2. The van der Waals surface area contributed by atoms with Crippen LogP contribution in [0.5, 0.6) is 0 Å². The Bertz CT molecular complexity index is 489. The zero-order chi connectivity index (χ0) is 17.2. The highest BCUT2D eigenvalue weighted by Gasteiger charge is 2.35. The Balaban J connectivity index is 0. The number of aliphatic hydroxyl groups is 1. The molecule has 0 rings (SSSR count). The van der Waals surface area contributed by atoms with Crippen LogP contribution in [0.3, 0.4) is 0 Å². The van der Waals surface area contributed by atoms with Gasteiger partial charge in [0.2, 0.25) is 0 Å². The van der Waals surface area contributed by atoms with Gasteiger partial charge in [0.15, 0.2) is 5.79 Å². The van der Waals surface area contributed by atoms with E-state index in [1.54, 1.807) is 0 Å². The number of ether oxygens (including phenoxy) is 2. The first kappa shape index (κ1) is 23.5. The summed E-state index contributed by atoms with van der Waals surface area (Å²) in [5, 5.41) is 10.1. The normalized spacial score (nSPS) is 11.0. The van der Waals surface area contributed by atoms with Gasteiger partial charge in [-0.15, -0.1) is 0 Å². The molecular weight excluding hydrogens is 334 g/mol. The van der Waals surface area contributed by atoms with Crippen LogP contribution < -0.4 is 6.15 Å². The minimum absolute atomic E-state index is 0. The molecule has 0 aliphatic carbocycles. The fraction of sp³-hybridized carbons (Fsp3) is 0.500. The molecule has 0 atom stereocenters. The summed E-state index contributed by atoms with van der Waals surface area (Å²) in [5.41, 5.74) is 0. The number of hydrogen-bond acceptors (Lipinski definition) is 10. The fourth-order valence-electron chi connectivity index (χ4n) is 1.17. The van der Waals surface area contributed by atoms with Crippen molar-refractivity contribution in [2.24, 2.45) is 0 Å². The lowest BCUT2D eigenvalue weighted by Crippen LogP contribution is -2.38. The predicted octanol–water partition coefficient (Wildman–Crippen LogP) is -0.0166. The summed E-state index contributed by atoms with van der Waals surface area (Å²) in [5.74, 6) is -3.79. The maximum atomic E-state index is 11.3.